The highest BCUT2D eigenvalue weighted by molar-refractivity contribution is 7.21. The number of nitrogens with zero attached hydrogens (tertiary/aromatic N) is 6. The van der Waals surface area contributed by atoms with Crippen LogP contribution >= 0.6 is 0 Å². The van der Waals surface area contributed by atoms with Crippen molar-refractivity contribution in [1.82, 2.24) is 14.1 Å². The van der Waals surface area contributed by atoms with Crippen molar-refractivity contribution < 1.29 is 23.0 Å². The maximum atomic E-state index is 10.2. The third kappa shape index (κ3) is 7.78. The van der Waals surface area contributed by atoms with Crippen LogP contribution in [0.2, 0.25) is 0 Å². The standard InChI is InChI=1S/C73H48N6OSi/c74-49-51-39-42-64-63(45-51)62-41-40-57(80-56-26-19-25-54(46-56)76-50-77(66-34-14-13-33-65(66)76)73-60(52-21-5-1-6-22-52)31-20-32-61(73)53-23-7-2-8-24-53)48-69(62)79(64)72-47-55(43-44-75-72)78-67-35-15-17-37-70(67)81(58-27-9-3-10-28-58,59-29-11-4-12-30-59)71-38-18-16-36-68(71)78/h1-48H/i1D,2D,5D,6D,7D,8D,21D,22D,23D,24D. The fourth-order valence-electron chi connectivity index (χ4n) is 11.9. The van der Waals surface area contributed by atoms with E-state index in [1.165, 1.54) is 20.7 Å². The molecule has 4 heterocycles. The van der Waals surface area contributed by atoms with E-state index in [0.29, 0.717) is 39.6 Å². The highest BCUT2D eigenvalue weighted by atomic mass is 28.3. The third-order valence-electron chi connectivity index (χ3n) is 15.3. The lowest BCUT2D eigenvalue weighted by Gasteiger charge is -2.45. The SMILES string of the molecule is [2H]c1c([2H])c([2H])c(-c2cccc(-c3c([2H])c([2H])c([2H])c([2H])c3[2H])c2-[n+]2[c-]n(-c3cccc(Oc4ccc5c6cc(C#N)ccc6n(-c6cc(N7c8ccccc8[Si](c8ccccc8)(c8ccccc8)c8ccccc87)ccn6)c5c4)c3)c3ccccc32)c([2H])c1[2H]. The molecule has 15 rings (SSSR count). The summed E-state index contributed by atoms with van der Waals surface area (Å²) in [5, 5.41) is 17.0. The molecule has 81 heavy (non-hydrogen) atoms. The summed E-state index contributed by atoms with van der Waals surface area (Å²) in [6.45, 7) is 0. The Morgan fingerprint density at radius 3 is 1.80 bits per heavy atom. The lowest BCUT2D eigenvalue weighted by Crippen LogP contribution is -2.77. The highest BCUT2D eigenvalue weighted by Crippen LogP contribution is 2.42. The molecule has 1 aliphatic heterocycles. The second kappa shape index (κ2) is 19.6. The van der Waals surface area contributed by atoms with Gasteiger partial charge in [-0.1, -0.05) is 206 Å². The van der Waals surface area contributed by atoms with E-state index in [1.807, 2.05) is 97.2 Å². The van der Waals surface area contributed by atoms with Gasteiger partial charge in [-0.3, -0.25) is 13.7 Å². The fourth-order valence-corrected chi connectivity index (χ4v) is 17.0. The average molecular weight is 1060 g/mol. The first-order chi connectivity index (χ1) is 44.3. The van der Waals surface area contributed by atoms with Gasteiger partial charge in [-0.25, -0.2) is 4.98 Å². The number of hydrogen-bond acceptors (Lipinski definition) is 4. The molecule has 0 amide bonds. The molecular formula is C73H48N6OSi. The first kappa shape index (κ1) is 37.8. The van der Waals surface area contributed by atoms with E-state index in [1.54, 1.807) is 27.3 Å². The summed E-state index contributed by atoms with van der Waals surface area (Å²) in [6.07, 6.45) is 5.30. The van der Waals surface area contributed by atoms with Gasteiger partial charge in [0.05, 0.1) is 64.5 Å². The minimum absolute atomic E-state index is 0.138. The van der Waals surface area contributed by atoms with Gasteiger partial charge in [0, 0.05) is 40.5 Å². The van der Waals surface area contributed by atoms with Crippen LogP contribution < -0.4 is 35.0 Å². The van der Waals surface area contributed by atoms with Crippen molar-refractivity contribution in [1.29, 1.82) is 5.26 Å². The number of aromatic nitrogens is 4. The summed E-state index contributed by atoms with van der Waals surface area (Å²) in [5.74, 6) is 1.60. The van der Waals surface area contributed by atoms with E-state index in [2.05, 4.69) is 137 Å². The summed E-state index contributed by atoms with van der Waals surface area (Å²) in [6, 6.07) is 71.4. The van der Waals surface area contributed by atoms with Crippen LogP contribution in [0.4, 0.5) is 17.1 Å². The summed E-state index contributed by atoms with van der Waals surface area (Å²) in [4.78, 5) is 7.44. The van der Waals surface area contributed by atoms with Crippen LogP contribution in [-0.4, -0.2) is 22.2 Å². The maximum Gasteiger partial charge on any atom is 0.269 e. The molecule has 0 bridgehead atoms. The molecular weight excluding hydrogens is 1000 g/mol. The monoisotopic (exact) mass is 1060 g/mol. The topological polar surface area (TPSA) is 62.9 Å². The Morgan fingerprint density at radius 1 is 0.506 bits per heavy atom. The van der Waals surface area contributed by atoms with Gasteiger partial charge < -0.3 is 9.64 Å². The van der Waals surface area contributed by atoms with E-state index in [-0.39, 0.29) is 27.9 Å². The molecule has 0 saturated carbocycles. The van der Waals surface area contributed by atoms with Crippen LogP contribution in [0, 0.1) is 17.7 Å². The van der Waals surface area contributed by atoms with Crippen LogP contribution in [0.25, 0.3) is 72.3 Å². The molecule has 14 aromatic rings. The third-order valence-corrected chi connectivity index (χ3v) is 20.1. The van der Waals surface area contributed by atoms with Crippen molar-refractivity contribution in [2.75, 3.05) is 4.90 Å². The molecule has 11 aromatic carbocycles. The molecule has 0 atom stereocenters. The molecule has 0 unspecified atom stereocenters. The normalized spacial score (nSPS) is 14.2. The average Bonchev–Trinajstić information content (AvgIpc) is 1.17. The molecule has 0 N–H and O–H groups in total. The Labute approximate surface area is 484 Å². The zero-order chi connectivity index (χ0) is 62.6. The Morgan fingerprint density at radius 2 is 1.12 bits per heavy atom. The Kier molecular flexibility index (Phi) is 9.13. The van der Waals surface area contributed by atoms with Crippen molar-refractivity contribution in [2.24, 2.45) is 0 Å². The molecule has 0 spiro atoms. The van der Waals surface area contributed by atoms with E-state index in [4.69, 9.17) is 23.4 Å². The van der Waals surface area contributed by atoms with Crippen molar-refractivity contribution in [3.05, 3.63) is 303 Å². The zero-order valence-corrected chi connectivity index (χ0v) is 44.0. The van der Waals surface area contributed by atoms with Gasteiger partial charge >= 0.3 is 0 Å². The number of rotatable bonds is 10. The molecule has 0 saturated heterocycles. The second-order valence-corrected chi connectivity index (χ2v) is 23.4. The number of imidazole rings is 1. The van der Waals surface area contributed by atoms with Crippen molar-refractivity contribution in [3.63, 3.8) is 0 Å². The highest BCUT2D eigenvalue weighted by Gasteiger charge is 2.48. The number of benzene rings is 11. The van der Waals surface area contributed by atoms with Gasteiger partial charge in [0.2, 0.25) is 0 Å². The van der Waals surface area contributed by atoms with Crippen LogP contribution in [0.5, 0.6) is 11.5 Å². The number of para-hydroxylation sites is 5. The van der Waals surface area contributed by atoms with Crippen molar-refractivity contribution >= 4 is 78.7 Å². The lowest BCUT2D eigenvalue weighted by molar-refractivity contribution is -0.571. The minimum atomic E-state index is -2.89. The predicted octanol–water partition coefficient (Wildman–Crippen LogP) is 14.4. The van der Waals surface area contributed by atoms with Crippen molar-refractivity contribution in [3.8, 4) is 57.0 Å². The van der Waals surface area contributed by atoms with E-state index >= 15 is 0 Å². The number of ether oxygens (including phenoxy) is 1. The number of anilines is 3. The molecule has 0 aliphatic carbocycles. The van der Waals surface area contributed by atoms with E-state index in [0.717, 1.165) is 38.9 Å². The van der Waals surface area contributed by atoms with Crippen LogP contribution in [0.15, 0.2) is 291 Å². The first-order valence-corrected chi connectivity index (χ1v) is 28.3. The summed E-state index contributed by atoms with van der Waals surface area (Å²) < 4.78 is 100. The quantitative estimate of drug-likeness (QED) is 0.0778. The fraction of sp³-hybridized carbons (Fsp3) is 0. The van der Waals surface area contributed by atoms with Crippen LogP contribution in [-0.2, 0) is 0 Å². The van der Waals surface area contributed by atoms with Crippen LogP contribution in [0.1, 0.15) is 19.3 Å². The largest absolute Gasteiger partial charge is 0.458 e. The Bertz CT molecular complexity index is 5170. The molecule has 0 radical (unpaired) electrons. The molecule has 3 aromatic heterocycles. The maximum absolute atomic E-state index is 10.2. The van der Waals surface area contributed by atoms with Gasteiger partial charge in [0.25, 0.3) is 6.33 Å². The van der Waals surface area contributed by atoms with Gasteiger partial charge in [0.15, 0.2) is 8.07 Å². The Hall–Kier alpha value is -10.9. The molecule has 7 nitrogen and oxygen atoms in total. The molecule has 380 valence electrons. The summed E-state index contributed by atoms with van der Waals surface area (Å²) in [7, 11) is -2.89. The smallest absolute Gasteiger partial charge is 0.269 e. The molecule has 1 aliphatic rings. The number of fused-ring (bicyclic) bond motifs is 6. The summed E-state index contributed by atoms with van der Waals surface area (Å²) in [5.41, 5.74) is 7.05. The summed E-state index contributed by atoms with van der Waals surface area (Å²) >= 11 is 0. The zero-order valence-electron chi connectivity index (χ0n) is 53.0. The van der Waals surface area contributed by atoms with Crippen LogP contribution in [0.3, 0.4) is 0 Å². The number of hydrogen-bond donors (Lipinski definition) is 0. The second-order valence-electron chi connectivity index (χ2n) is 19.6. The molecule has 0 fully saturated rings. The van der Waals surface area contributed by atoms with Crippen molar-refractivity contribution in [2.45, 2.75) is 0 Å². The predicted molar refractivity (Wildman–Crippen MR) is 330 cm³/mol. The Balaban J connectivity index is 0.859. The lowest BCUT2D eigenvalue weighted by atomic mass is 9.95. The molecule has 8 heteroatoms. The minimum Gasteiger partial charge on any atom is -0.458 e. The first-order valence-electron chi connectivity index (χ1n) is 31.3. The van der Waals surface area contributed by atoms with Gasteiger partial charge in [-0.15, -0.1) is 0 Å². The number of pyridine rings is 1. The van der Waals surface area contributed by atoms with Gasteiger partial charge in [-0.2, -0.15) is 5.26 Å². The van der Waals surface area contributed by atoms with Gasteiger partial charge in [-0.05, 0) is 110 Å². The number of nitriles is 1. The van der Waals surface area contributed by atoms with E-state index < -0.39 is 68.5 Å². The van der Waals surface area contributed by atoms with Gasteiger partial charge in [0.1, 0.15) is 17.3 Å². The van der Waals surface area contributed by atoms with E-state index in [9.17, 15) is 5.26 Å².